The number of nitrogens with one attached hydrogen (secondary N) is 2. The molecule has 116 valence electrons. The van der Waals surface area contributed by atoms with Crippen LogP contribution in [0.3, 0.4) is 0 Å². The van der Waals surface area contributed by atoms with Gasteiger partial charge >= 0.3 is 0 Å². The molecule has 2 N–H and O–H groups in total. The second-order valence-corrected chi connectivity index (χ2v) is 5.79. The number of nitrogens with zero attached hydrogens (tertiary/aromatic N) is 1. The Hall–Kier alpha value is -1.92. The molecule has 1 aromatic rings. The number of carbonyl (C=O) groups is 1. The standard InChI is InChI=1S/C16H19N3O2S/c1-11-13(15(20)19-7-9-21-10-8-19)14(18-16(22)17-11)12-5-3-2-4-6-12/h2-6,14H,7-10H2,1H3,(H2,17,18,22)/t14-/m0/s1. The van der Waals surface area contributed by atoms with Crippen LogP contribution in [0.4, 0.5) is 0 Å². The van der Waals surface area contributed by atoms with E-state index >= 15 is 0 Å². The van der Waals surface area contributed by atoms with E-state index in [2.05, 4.69) is 10.6 Å². The molecule has 22 heavy (non-hydrogen) atoms. The van der Waals surface area contributed by atoms with E-state index in [1.54, 1.807) is 0 Å². The van der Waals surface area contributed by atoms with Crippen LogP contribution in [-0.2, 0) is 9.53 Å². The van der Waals surface area contributed by atoms with Crippen molar-refractivity contribution in [3.05, 3.63) is 47.2 Å². The first-order valence-corrected chi connectivity index (χ1v) is 7.78. The number of hydrogen-bond acceptors (Lipinski definition) is 3. The zero-order chi connectivity index (χ0) is 15.5. The summed E-state index contributed by atoms with van der Waals surface area (Å²) in [5.41, 5.74) is 2.57. The van der Waals surface area contributed by atoms with Crippen LogP contribution in [0.2, 0.25) is 0 Å². The molecule has 2 heterocycles. The minimum atomic E-state index is -0.217. The molecule has 5 nitrogen and oxygen atoms in total. The number of amides is 1. The Morgan fingerprint density at radius 2 is 1.95 bits per heavy atom. The number of thiocarbonyl (C=S) groups is 1. The Morgan fingerprint density at radius 3 is 2.64 bits per heavy atom. The second-order valence-electron chi connectivity index (χ2n) is 5.39. The molecule has 0 aliphatic carbocycles. The van der Waals surface area contributed by atoms with Gasteiger partial charge in [-0.1, -0.05) is 30.3 Å². The lowest BCUT2D eigenvalue weighted by atomic mass is 9.94. The lowest BCUT2D eigenvalue weighted by Gasteiger charge is -2.34. The van der Waals surface area contributed by atoms with Crippen molar-refractivity contribution in [2.75, 3.05) is 26.3 Å². The van der Waals surface area contributed by atoms with Gasteiger partial charge in [-0.2, -0.15) is 0 Å². The second kappa shape index (κ2) is 6.46. The highest BCUT2D eigenvalue weighted by Crippen LogP contribution is 2.28. The zero-order valence-electron chi connectivity index (χ0n) is 12.5. The van der Waals surface area contributed by atoms with Crippen LogP contribution < -0.4 is 10.6 Å². The summed E-state index contributed by atoms with van der Waals surface area (Å²) in [4.78, 5) is 14.8. The fraction of sp³-hybridized carbons (Fsp3) is 0.375. The smallest absolute Gasteiger partial charge is 0.254 e. The van der Waals surface area contributed by atoms with E-state index in [9.17, 15) is 4.79 Å². The summed E-state index contributed by atoms with van der Waals surface area (Å²) in [5.74, 6) is 0.0390. The first-order valence-electron chi connectivity index (χ1n) is 7.37. The van der Waals surface area contributed by atoms with E-state index in [-0.39, 0.29) is 11.9 Å². The topological polar surface area (TPSA) is 53.6 Å². The van der Waals surface area contributed by atoms with Crippen LogP contribution in [0.25, 0.3) is 0 Å². The van der Waals surface area contributed by atoms with Gasteiger partial charge in [0.15, 0.2) is 5.11 Å². The number of carbonyl (C=O) groups excluding carboxylic acids is 1. The third kappa shape index (κ3) is 2.98. The molecule has 1 fully saturated rings. The number of ether oxygens (including phenoxy) is 1. The third-order valence-corrected chi connectivity index (χ3v) is 4.15. The van der Waals surface area contributed by atoms with Gasteiger partial charge in [0.1, 0.15) is 0 Å². The summed E-state index contributed by atoms with van der Waals surface area (Å²) in [5, 5.41) is 6.83. The average molecular weight is 317 g/mol. The van der Waals surface area contributed by atoms with Crippen molar-refractivity contribution >= 4 is 23.2 Å². The fourth-order valence-corrected chi connectivity index (χ4v) is 3.08. The Bertz CT molecular complexity index is 609. The van der Waals surface area contributed by atoms with Gasteiger partial charge in [-0.05, 0) is 24.7 Å². The molecule has 1 atom stereocenters. The van der Waals surface area contributed by atoms with Crippen molar-refractivity contribution < 1.29 is 9.53 Å². The largest absolute Gasteiger partial charge is 0.378 e. The van der Waals surface area contributed by atoms with Gasteiger partial charge in [-0.3, -0.25) is 4.79 Å². The molecular weight excluding hydrogens is 298 g/mol. The molecular formula is C16H19N3O2S. The molecule has 6 heteroatoms. The number of benzene rings is 1. The predicted octanol–water partition coefficient (Wildman–Crippen LogP) is 1.34. The molecule has 0 aromatic heterocycles. The lowest BCUT2D eigenvalue weighted by molar-refractivity contribution is -0.131. The molecule has 0 spiro atoms. The van der Waals surface area contributed by atoms with Crippen molar-refractivity contribution in [2.45, 2.75) is 13.0 Å². The van der Waals surface area contributed by atoms with Gasteiger partial charge in [0, 0.05) is 18.8 Å². The quantitative estimate of drug-likeness (QED) is 0.806. The lowest BCUT2D eigenvalue weighted by Crippen LogP contribution is -2.49. The van der Waals surface area contributed by atoms with E-state index < -0.39 is 0 Å². The summed E-state index contributed by atoms with van der Waals surface area (Å²) < 4.78 is 5.33. The van der Waals surface area contributed by atoms with Gasteiger partial charge in [0.2, 0.25) is 0 Å². The number of rotatable bonds is 2. The van der Waals surface area contributed by atoms with Crippen LogP contribution in [0.15, 0.2) is 41.6 Å². The maximum absolute atomic E-state index is 12.9. The van der Waals surface area contributed by atoms with Crippen molar-refractivity contribution in [1.82, 2.24) is 15.5 Å². The SMILES string of the molecule is CC1=C(C(=O)N2CCOCC2)[C@H](c2ccccc2)NC(=S)N1. The third-order valence-electron chi connectivity index (χ3n) is 3.93. The van der Waals surface area contributed by atoms with Gasteiger partial charge in [-0.25, -0.2) is 0 Å². The normalized spacial score (nSPS) is 22.1. The summed E-state index contributed by atoms with van der Waals surface area (Å²) >= 11 is 5.25. The van der Waals surface area contributed by atoms with Crippen LogP contribution in [-0.4, -0.2) is 42.2 Å². The summed E-state index contributed by atoms with van der Waals surface area (Å²) in [7, 11) is 0. The van der Waals surface area contributed by atoms with Crippen molar-refractivity contribution in [1.29, 1.82) is 0 Å². The Labute approximate surface area is 135 Å². The van der Waals surface area contributed by atoms with Crippen molar-refractivity contribution in [3.63, 3.8) is 0 Å². The highest BCUT2D eigenvalue weighted by atomic mass is 32.1. The van der Waals surface area contributed by atoms with Gasteiger partial charge < -0.3 is 20.3 Å². The molecule has 1 aromatic carbocycles. The van der Waals surface area contributed by atoms with Crippen LogP contribution >= 0.6 is 12.2 Å². The Balaban J connectivity index is 1.94. The molecule has 0 bridgehead atoms. The molecule has 1 amide bonds. The summed E-state index contributed by atoms with van der Waals surface area (Å²) in [6.45, 7) is 4.33. The number of morpholine rings is 1. The molecule has 2 aliphatic heterocycles. The maximum Gasteiger partial charge on any atom is 0.254 e. The molecule has 0 unspecified atom stereocenters. The molecule has 0 radical (unpaired) electrons. The maximum atomic E-state index is 12.9. The molecule has 2 aliphatic rings. The first kappa shape index (κ1) is 15.0. The highest BCUT2D eigenvalue weighted by Gasteiger charge is 2.32. The van der Waals surface area contributed by atoms with E-state index in [1.165, 1.54) is 0 Å². The van der Waals surface area contributed by atoms with Crippen LogP contribution in [0.1, 0.15) is 18.5 Å². The van der Waals surface area contributed by atoms with Gasteiger partial charge in [0.05, 0.1) is 24.8 Å². The summed E-state index contributed by atoms with van der Waals surface area (Å²) in [6.07, 6.45) is 0. The highest BCUT2D eigenvalue weighted by molar-refractivity contribution is 7.80. The van der Waals surface area contributed by atoms with E-state index in [1.807, 2.05) is 42.2 Å². The Morgan fingerprint density at radius 1 is 1.27 bits per heavy atom. The van der Waals surface area contributed by atoms with Crippen molar-refractivity contribution in [3.8, 4) is 0 Å². The predicted molar refractivity (Wildman–Crippen MR) is 88.2 cm³/mol. The average Bonchev–Trinajstić information content (AvgIpc) is 2.55. The van der Waals surface area contributed by atoms with E-state index in [4.69, 9.17) is 17.0 Å². The van der Waals surface area contributed by atoms with Gasteiger partial charge in [0.25, 0.3) is 5.91 Å². The molecule has 1 saturated heterocycles. The molecule has 0 saturated carbocycles. The van der Waals surface area contributed by atoms with Crippen LogP contribution in [0.5, 0.6) is 0 Å². The minimum absolute atomic E-state index is 0.0390. The Kier molecular flexibility index (Phi) is 4.40. The number of hydrogen-bond donors (Lipinski definition) is 2. The minimum Gasteiger partial charge on any atom is -0.378 e. The van der Waals surface area contributed by atoms with E-state index in [0.717, 1.165) is 16.8 Å². The molecule has 3 rings (SSSR count). The van der Waals surface area contributed by atoms with Crippen molar-refractivity contribution in [2.24, 2.45) is 0 Å². The monoisotopic (exact) mass is 317 g/mol. The zero-order valence-corrected chi connectivity index (χ0v) is 13.3. The number of allylic oxidation sites excluding steroid dienone is 1. The van der Waals surface area contributed by atoms with Crippen LogP contribution in [0, 0.1) is 0 Å². The summed E-state index contributed by atoms with van der Waals surface area (Å²) in [6, 6.07) is 9.69. The first-order chi connectivity index (χ1) is 10.7. The van der Waals surface area contributed by atoms with E-state index in [0.29, 0.717) is 31.4 Å². The van der Waals surface area contributed by atoms with Gasteiger partial charge in [-0.15, -0.1) is 0 Å². The fourth-order valence-electron chi connectivity index (χ4n) is 2.81.